The molecule has 6 nitrogen and oxygen atoms in total. The van der Waals surface area contributed by atoms with E-state index in [9.17, 15) is 17.6 Å². The van der Waals surface area contributed by atoms with Crippen LogP contribution in [0.15, 0.2) is 17.0 Å². The number of benzene rings is 1. The van der Waals surface area contributed by atoms with Gasteiger partial charge in [-0.3, -0.25) is 4.79 Å². The Kier molecular flexibility index (Phi) is 4.48. The number of sulfone groups is 1. The number of aliphatic carboxylic acids is 1. The van der Waals surface area contributed by atoms with Gasteiger partial charge in [0.2, 0.25) is 0 Å². The molecule has 0 aromatic heterocycles. The Morgan fingerprint density at radius 1 is 1.53 bits per heavy atom. The van der Waals surface area contributed by atoms with Crippen LogP contribution in [-0.2, 0) is 21.1 Å². The number of carboxylic acid groups (broad SMARTS) is 1. The van der Waals surface area contributed by atoms with Gasteiger partial charge in [-0.25, -0.2) is 12.8 Å². The monoisotopic (exact) mass is 291 g/mol. The highest BCUT2D eigenvalue weighted by Gasteiger charge is 2.21. The summed E-state index contributed by atoms with van der Waals surface area (Å²) in [5.41, 5.74) is 5.55. The maximum atomic E-state index is 13.7. The number of ether oxygens (including phenoxy) is 1. The minimum Gasteiger partial charge on any atom is -0.496 e. The maximum absolute atomic E-state index is 13.7. The molecule has 19 heavy (non-hydrogen) atoms. The van der Waals surface area contributed by atoms with Crippen LogP contribution in [0, 0.1) is 5.82 Å². The molecule has 1 atom stereocenters. The summed E-state index contributed by atoms with van der Waals surface area (Å²) in [7, 11) is -2.46. The van der Waals surface area contributed by atoms with Gasteiger partial charge in [-0.05, 0) is 11.6 Å². The normalized spacial score (nSPS) is 13.1. The van der Waals surface area contributed by atoms with Gasteiger partial charge in [0.1, 0.15) is 22.5 Å². The topological polar surface area (TPSA) is 107 Å². The lowest BCUT2D eigenvalue weighted by Gasteiger charge is -2.13. The molecule has 0 aliphatic rings. The second kappa shape index (κ2) is 5.54. The van der Waals surface area contributed by atoms with Crippen molar-refractivity contribution in [3.05, 3.63) is 23.5 Å². The van der Waals surface area contributed by atoms with Crippen molar-refractivity contribution in [2.45, 2.75) is 17.4 Å². The van der Waals surface area contributed by atoms with E-state index in [-0.39, 0.29) is 17.7 Å². The molecule has 0 heterocycles. The number of nitrogens with two attached hydrogens (primary N) is 1. The Balaban J connectivity index is 3.29. The van der Waals surface area contributed by atoms with Crippen LogP contribution in [0.25, 0.3) is 0 Å². The standard InChI is InChI=1S/C11H14FNO5S/c1-18-9-5-10(19(2,16)17)7(12)3-6(9)4-8(13)11(14)15/h3,5,8H,4,13H2,1-2H3,(H,14,15). The van der Waals surface area contributed by atoms with Crippen LogP contribution in [0.3, 0.4) is 0 Å². The van der Waals surface area contributed by atoms with E-state index in [1.165, 1.54) is 7.11 Å². The predicted molar refractivity (Wildman–Crippen MR) is 65.4 cm³/mol. The lowest BCUT2D eigenvalue weighted by molar-refractivity contribution is -0.138. The van der Waals surface area contributed by atoms with Crippen molar-refractivity contribution in [1.29, 1.82) is 0 Å². The van der Waals surface area contributed by atoms with E-state index < -0.39 is 32.6 Å². The molecular formula is C11H14FNO5S. The third-order valence-electron chi connectivity index (χ3n) is 2.49. The average Bonchev–Trinajstić information content (AvgIpc) is 2.27. The second-order valence-corrected chi connectivity index (χ2v) is 6.00. The van der Waals surface area contributed by atoms with Crippen LogP contribution in [0.2, 0.25) is 0 Å². The molecule has 0 spiro atoms. The Hall–Kier alpha value is -1.67. The molecule has 0 fully saturated rings. The van der Waals surface area contributed by atoms with Gasteiger partial charge in [-0.15, -0.1) is 0 Å². The molecule has 1 rings (SSSR count). The largest absolute Gasteiger partial charge is 0.496 e. The first-order chi connectivity index (χ1) is 8.66. The summed E-state index contributed by atoms with van der Waals surface area (Å²) in [6.45, 7) is 0. The fourth-order valence-corrected chi connectivity index (χ4v) is 2.27. The quantitative estimate of drug-likeness (QED) is 0.802. The minimum absolute atomic E-state index is 0.0820. The van der Waals surface area contributed by atoms with Crippen molar-refractivity contribution >= 4 is 15.8 Å². The fourth-order valence-electron chi connectivity index (χ4n) is 1.53. The number of carbonyl (C=O) groups is 1. The van der Waals surface area contributed by atoms with Crippen LogP contribution < -0.4 is 10.5 Å². The first kappa shape index (κ1) is 15.4. The highest BCUT2D eigenvalue weighted by atomic mass is 32.2. The van der Waals surface area contributed by atoms with E-state index in [0.29, 0.717) is 0 Å². The number of methoxy groups -OCH3 is 1. The van der Waals surface area contributed by atoms with Gasteiger partial charge in [0, 0.05) is 18.7 Å². The number of hydrogen-bond donors (Lipinski definition) is 2. The van der Waals surface area contributed by atoms with E-state index in [1.807, 2.05) is 0 Å². The van der Waals surface area contributed by atoms with Gasteiger partial charge in [-0.2, -0.15) is 0 Å². The van der Waals surface area contributed by atoms with Crippen LogP contribution in [-0.4, -0.2) is 38.9 Å². The zero-order chi connectivity index (χ0) is 14.8. The molecule has 0 amide bonds. The van der Waals surface area contributed by atoms with Crippen LogP contribution in [0.5, 0.6) is 5.75 Å². The summed E-state index contributed by atoms with van der Waals surface area (Å²) < 4.78 is 41.3. The SMILES string of the molecule is COc1cc(S(C)(=O)=O)c(F)cc1CC(N)C(=O)O. The Morgan fingerprint density at radius 3 is 2.53 bits per heavy atom. The number of carboxylic acids is 1. The van der Waals surface area contributed by atoms with E-state index in [4.69, 9.17) is 15.6 Å². The van der Waals surface area contributed by atoms with E-state index in [1.54, 1.807) is 0 Å². The summed E-state index contributed by atoms with van der Waals surface area (Å²) in [5, 5.41) is 8.70. The Labute approximate surface area is 109 Å². The predicted octanol–water partition coefficient (Wildman–Crippen LogP) is 0.192. The first-order valence-corrected chi connectivity index (χ1v) is 7.10. The summed E-state index contributed by atoms with van der Waals surface area (Å²) in [6.07, 6.45) is 0.701. The smallest absolute Gasteiger partial charge is 0.320 e. The number of hydrogen-bond acceptors (Lipinski definition) is 5. The molecule has 1 unspecified atom stereocenters. The van der Waals surface area contributed by atoms with Gasteiger partial charge in [-0.1, -0.05) is 0 Å². The second-order valence-electron chi connectivity index (χ2n) is 4.02. The van der Waals surface area contributed by atoms with Crippen molar-refractivity contribution in [3.63, 3.8) is 0 Å². The van der Waals surface area contributed by atoms with Crippen molar-refractivity contribution in [2.24, 2.45) is 5.73 Å². The zero-order valence-electron chi connectivity index (χ0n) is 10.4. The van der Waals surface area contributed by atoms with E-state index in [0.717, 1.165) is 18.4 Å². The molecular weight excluding hydrogens is 277 g/mol. The first-order valence-electron chi connectivity index (χ1n) is 5.21. The van der Waals surface area contributed by atoms with Crippen molar-refractivity contribution < 1.29 is 27.4 Å². The Bertz CT molecular complexity index is 599. The number of halogens is 1. The highest BCUT2D eigenvalue weighted by molar-refractivity contribution is 7.90. The Morgan fingerprint density at radius 2 is 2.11 bits per heavy atom. The number of rotatable bonds is 5. The molecule has 0 bridgehead atoms. The maximum Gasteiger partial charge on any atom is 0.320 e. The van der Waals surface area contributed by atoms with E-state index >= 15 is 0 Å². The third-order valence-corrected chi connectivity index (χ3v) is 3.60. The van der Waals surface area contributed by atoms with Gasteiger partial charge in [0.15, 0.2) is 9.84 Å². The molecule has 0 saturated heterocycles. The lowest BCUT2D eigenvalue weighted by Crippen LogP contribution is -2.32. The van der Waals surface area contributed by atoms with Crippen molar-refractivity contribution in [3.8, 4) is 5.75 Å². The molecule has 0 aliphatic heterocycles. The molecule has 0 aliphatic carbocycles. The van der Waals surface area contributed by atoms with Crippen molar-refractivity contribution in [2.75, 3.05) is 13.4 Å². The van der Waals surface area contributed by atoms with Crippen LogP contribution in [0.1, 0.15) is 5.56 Å². The van der Waals surface area contributed by atoms with Crippen LogP contribution in [0.4, 0.5) is 4.39 Å². The summed E-state index contributed by atoms with van der Waals surface area (Å²) in [4.78, 5) is 10.2. The molecule has 3 N–H and O–H groups in total. The highest BCUT2D eigenvalue weighted by Crippen LogP contribution is 2.26. The molecule has 106 valence electrons. The lowest BCUT2D eigenvalue weighted by atomic mass is 10.1. The van der Waals surface area contributed by atoms with Crippen molar-refractivity contribution in [1.82, 2.24) is 0 Å². The van der Waals surface area contributed by atoms with Gasteiger partial charge < -0.3 is 15.6 Å². The molecule has 0 saturated carbocycles. The minimum atomic E-state index is -3.73. The fraction of sp³-hybridized carbons (Fsp3) is 0.364. The molecule has 1 aromatic rings. The molecule has 0 radical (unpaired) electrons. The van der Waals surface area contributed by atoms with Gasteiger partial charge in [0.25, 0.3) is 0 Å². The summed E-state index contributed by atoms with van der Waals surface area (Å²) >= 11 is 0. The summed E-state index contributed by atoms with van der Waals surface area (Å²) in [5.74, 6) is -2.12. The molecule has 8 heteroatoms. The third kappa shape index (κ3) is 3.65. The summed E-state index contributed by atoms with van der Waals surface area (Å²) in [6, 6.07) is 0.726. The molecule has 1 aromatic carbocycles. The zero-order valence-corrected chi connectivity index (χ0v) is 11.2. The average molecular weight is 291 g/mol. The van der Waals surface area contributed by atoms with E-state index in [2.05, 4.69) is 0 Å². The van der Waals surface area contributed by atoms with Gasteiger partial charge >= 0.3 is 5.97 Å². The van der Waals surface area contributed by atoms with Crippen LogP contribution >= 0.6 is 0 Å². The van der Waals surface area contributed by atoms with Gasteiger partial charge in [0.05, 0.1) is 7.11 Å².